The standard InChI is InChI=1S/C14H18BrN3S/c1-8(2)16-6-12-9(3)17-14(18-10(12)4)13-5-11(15)7-19-13/h5,7-8,16H,6H2,1-4H3. The SMILES string of the molecule is Cc1nc(-c2cc(Br)cs2)nc(C)c1CNC(C)C. The van der Waals surface area contributed by atoms with Crippen LogP contribution >= 0.6 is 27.3 Å². The summed E-state index contributed by atoms with van der Waals surface area (Å²) in [5.74, 6) is 0.819. The molecule has 2 aromatic rings. The minimum Gasteiger partial charge on any atom is -0.310 e. The van der Waals surface area contributed by atoms with Gasteiger partial charge >= 0.3 is 0 Å². The van der Waals surface area contributed by atoms with Gasteiger partial charge in [-0.15, -0.1) is 11.3 Å². The van der Waals surface area contributed by atoms with Crippen LogP contribution < -0.4 is 5.32 Å². The third-order valence-electron chi connectivity index (χ3n) is 2.90. The lowest BCUT2D eigenvalue weighted by molar-refractivity contribution is 0.583. The van der Waals surface area contributed by atoms with E-state index in [9.17, 15) is 0 Å². The van der Waals surface area contributed by atoms with E-state index in [0.717, 1.165) is 33.1 Å². The highest BCUT2D eigenvalue weighted by atomic mass is 79.9. The molecule has 2 heterocycles. The number of hydrogen-bond acceptors (Lipinski definition) is 4. The van der Waals surface area contributed by atoms with Gasteiger partial charge in [0.05, 0.1) is 4.88 Å². The Kier molecular flexibility index (Phi) is 4.71. The average molecular weight is 340 g/mol. The van der Waals surface area contributed by atoms with Gasteiger partial charge in [0.25, 0.3) is 0 Å². The fourth-order valence-corrected chi connectivity index (χ4v) is 3.20. The molecular weight excluding hydrogens is 322 g/mol. The largest absolute Gasteiger partial charge is 0.310 e. The Morgan fingerprint density at radius 2 is 1.89 bits per heavy atom. The van der Waals surface area contributed by atoms with E-state index in [-0.39, 0.29) is 0 Å². The summed E-state index contributed by atoms with van der Waals surface area (Å²) in [5, 5.41) is 5.48. The number of halogens is 1. The molecule has 0 aliphatic carbocycles. The van der Waals surface area contributed by atoms with Crippen molar-refractivity contribution in [2.24, 2.45) is 0 Å². The maximum Gasteiger partial charge on any atom is 0.169 e. The summed E-state index contributed by atoms with van der Waals surface area (Å²) >= 11 is 5.12. The average Bonchev–Trinajstić information content (AvgIpc) is 2.74. The zero-order valence-corrected chi connectivity index (χ0v) is 14.0. The molecule has 2 aromatic heterocycles. The first-order chi connectivity index (χ1) is 8.97. The lowest BCUT2D eigenvalue weighted by atomic mass is 10.1. The smallest absolute Gasteiger partial charge is 0.169 e. The van der Waals surface area contributed by atoms with Crippen molar-refractivity contribution in [1.82, 2.24) is 15.3 Å². The van der Waals surface area contributed by atoms with Crippen LogP contribution in [-0.2, 0) is 6.54 Å². The second-order valence-corrected chi connectivity index (χ2v) is 6.69. The van der Waals surface area contributed by atoms with Crippen molar-refractivity contribution in [2.45, 2.75) is 40.3 Å². The van der Waals surface area contributed by atoms with E-state index in [2.05, 4.69) is 70.4 Å². The van der Waals surface area contributed by atoms with Crippen LogP contribution in [-0.4, -0.2) is 16.0 Å². The van der Waals surface area contributed by atoms with Gasteiger partial charge in [-0.2, -0.15) is 0 Å². The van der Waals surface area contributed by atoms with E-state index in [1.54, 1.807) is 11.3 Å². The van der Waals surface area contributed by atoms with Gasteiger partial charge in [-0.3, -0.25) is 0 Å². The Balaban J connectivity index is 2.31. The van der Waals surface area contributed by atoms with Gasteiger partial charge in [0.15, 0.2) is 5.82 Å². The number of nitrogens with one attached hydrogen (secondary N) is 1. The number of nitrogens with zero attached hydrogens (tertiary/aromatic N) is 2. The molecule has 0 atom stereocenters. The zero-order valence-electron chi connectivity index (χ0n) is 11.6. The van der Waals surface area contributed by atoms with Crippen LogP contribution in [0.2, 0.25) is 0 Å². The molecule has 0 amide bonds. The van der Waals surface area contributed by atoms with Crippen molar-refractivity contribution in [3.63, 3.8) is 0 Å². The van der Waals surface area contributed by atoms with Gasteiger partial charge < -0.3 is 5.32 Å². The molecule has 102 valence electrons. The van der Waals surface area contributed by atoms with Gasteiger partial charge in [0.2, 0.25) is 0 Å². The van der Waals surface area contributed by atoms with Crippen LogP contribution in [0.4, 0.5) is 0 Å². The highest BCUT2D eigenvalue weighted by Crippen LogP contribution is 2.28. The molecule has 0 aromatic carbocycles. The molecule has 0 saturated carbocycles. The fraction of sp³-hybridized carbons (Fsp3) is 0.429. The minimum atomic E-state index is 0.465. The molecule has 0 aliphatic heterocycles. The topological polar surface area (TPSA) is 37.8 Å². The molecule has 0 unspecified atom stereocenters. The van der Waals surface area contributed by atoms with E-state index >= 15 is 0 Å². The highest BCUT2D eigenvalue weighted by molar-refractivity contribution is 9.10. The van der Waals surface area contributed by atoms with Crippen molar-refractivity contribution in [3.05, 3.63) is 32.9 Å². The Morgan fingerprint density at radius 3 is 2.37 bits per heavy atom. The molecule has 0 radical (unpaired) electrons. The van der Waals surface area contributed by atoms with Crippen LogP contribution in [0.5, 0.6) is 0 Å². The predicted octanol–water partition coefficient (Wildman–Crippen LogP) is 4.08. The van der Waals surface area contributed by atoms with Crippen LogP contribution in [0, 0.1) is 13.8 Å². The Labute approximate surface area is 126 Å². The van der Waals surface area contributed by atoms with E-state index in [1.807, 2.05) is 0 Å². The van der Waals surface area contributed by atoms with Gasteiger partial charge in [-0.05, 0) is 35.8 Å². The van der Waals surface area contributed by atoms with Gasteiger partial charge in [0, 0.05) is 39.4 Å². The number of aromatic nitrogens is 2. The summed E-state index contributed by atoms with van der Waals surface area (Å²) < 4.78 is 1.08. The number of thiophene rings is 1. The monoisotopic (exact) mass is 339 g/mol. The molecule has 19 heavy (non-hydrogen) atoms. The van der Waals surface area contributed by atoms with Gasteiger partial charge in [0.1, 0.15) is 0 Å². The van der Waals surface area contributed by atoms with Crippen molar-refractivity contribution >= 4 is 27.3 Å². The highest BCUT2D eigenvalue weighted by Gasteiger charge is 2.11. The predicted molar refractivity (Wildman–Crippen MR) is 84.5 cm³/mol. The quantitative estimate of drug-likeness (QED) is 0.911. The normalized spacial score (nSPS) is 11.3. The summed E-state index contributed by atoms with van der Waals surface area (Å²) in [7, 11) is 0. The molecule has 0 fully saturated rings. The van der Waals surface area contributed by atoms with E-state index in [4.69, 9.17) is 0 Å². The van der Waals surface area contributed by atoms with Crippen LogP contribution in [0.15, 0.2) is 15.9 Å². The summed E-state index contributed by atoms with van der Waals surface area (Å²) in [6, 6.07) is 2.52. The van der Waals surface area contributed by atoms with Crippen molar-refractivity contribution < 1.29 is 0 Å². The van der Waals surface area contributed by atoms with Crippen molar-refractivity contribution in [1.29, 1.82) is 0 Å². The molecule has 0 spiro atoms. The van der Waals surface area contributed by atoms with Crippen molar-refractivity contribution in [2.75, 3.05) is 0 Å². The lowest BCUT2D eigenvalue weighted by Gasteiger charge is -2.13. The first-order valence-electron chi connectivity index (χ1n) is 6.29. The maximum atomic E-state index is 4.63. The Hall–Kier alpha value is -0.780. The molecule has 2 rings (SSSR count). The second-order valence-electron chi connectivity index (χ2n) is 4.86. The first-order valence-corrected chi connectivity index (χ1v) is 7.96. The third-order valence-corrected chi connectivity index (χ3v) is 4.58. The molecule has 0 saturated heterocycles. The summed E-state index contributed by atoms with van der Waals surface area (Å²) in [6.45, 7) is 9.21. The lowest BCUT2D eigenvalue weighted by Crippen LogP contribution is -2.23. The number of hydrogen-bond donors (Lipinski definition) is 1. The summed E-state index contributed by atoms with van der Waals surface area (Å²) in [4.78, 5) is 10.4. The summed E-state index contributed by atoms with van der Waals surface area (Å²) in [6.07, 6.45) is 0. The van der Waals surface area contributed by atoms with E-state index in [0.29, 0.717) is 6.04 Å². The summed E-state index contributed by atoms with van der Waals surface area (Å²) in [5.41, 5.74) is 3.31. The Morgan fingerprint density at radius 1 is 1.26 bits per heavy atom. The fourth-order valence-electron chi connectivity index (χ4n) is 1.84. The molecule has 3 nitrogen and oxygen atoms in total. The van der Waals surface area contributed by atoms with Crippen molar-refractivity contribution in [3.8, 4) is 10.7 Å². The molecule has 0 aliphatic rings. The van der Waals surface area contributed by atoms with Crippen LogP contribution in [0.1, 0.15) is 30.8 Å². The molecule has 0 bridgehead atoms. The third kappa shape index (κ3) is 3.61. The zero-order chi connectivity index (χ0) is 14.0. The molecular formula is C14H18BrN3S. The van der Waals surface area contributed by atoms with Crippen LogP contribution in [0.25, 0.3) is 10.7 Å². The number of rotatable bonds is 4. The van der Waals surface area contributed by atoms with Gasteiger partial charge in [-0.1, -0.05) is 13.8 Å². The molecule has 1 N–H and O–H groups in total. The van der Waals surface area contributed by atoms with Crippen LogP contribution in [0.3, 0.4) is 0 Å². The second kappa shape index (κ2) is 6.11. The van der Waals surface area contributed by atoms with E-state index < -0.39 is 0 Å². The molecule has 5 heteroatoms. The Bertz CT molecular complexity index is 555. The maximum absolute atomic E-state index is 4.63. The van der Waals surface area contributed by atoms with E-state index in [1.165, 1.54) is 5.56 Å². The number of aryl methyl sites for hydroxylation is 2. The van der Waals surface area contributed by atoms with Gasteiger partial charge in [-0.25, -0.2) is 9.97 Å². The first kappa shape index (κ1) is 14.6. The minimum absolute atomic E-state index is 0.465.